The van der Waals surface area contributed by atoms with E-state index in [4.69, 9.17) is 11.6 Å². The van der Waals surface area contributed by atoms with Crippen LogP contribution in [0.25, 0.3) is 0 Å². The SMILES string of the molecule is Cc1ccc[n+](C/C=C/Cl)c1C. The van der Waals surface area contributed by atoms with E-state index in [1.54, 1.807) is 5.54 Å². The maximum Gasteiger partial charge on any atom is 0.181 e. The van der Waals surface area contributed by atoms with Gasteiger partial charge in [-0.3, -0.25) is 0 Å². The van der Waals surface area contributed by atoms with Gasteiger partial charge in [0, 0.05) is 24.1 Å². The van der Waals surface area contributed by atoms with E-state index in [0.717, 1.165) is 6.54 Å². The predicted molar refractivity (Wildman–Crippen MR) is 51.1 cm³/mol. The Bertz CT molecular complexity index is 292. The first-order valence-electron chi connectivity index (χ1n) is 3.96. The fourth-order valence-electron chi connectivity index (χ4n) is 1.10. The van der Waals surface area contributed by atoms with Crippen molar-refractivity contribution < 1.29 is 4.57 Å². The van der Waals surface area contributed by atoms with Crippen LogP contribution in [0.2, 0.25) is 0 Å². The molecule has 0 aromatic carbocycles. The summed E-state index contributed by atoms with van der Waals surface area (Å²) in [4.78, 5) is 0. The summed E-state index contributed by atoms with van der Waals surface area (Å²) in [6, 6.07) is 4.15. The summed E-state index contributed by atoms with van der Waals surface area (Å²) in [5.74, 6) is 0. The Hall–Kier alpha value is -0.820. The van der Waals surface area contributed by atoms with Gasteiger partial charge in [0.15, 0.2) is 18.4 Å². The lowest BCUT2D eigenvalue weighted by molar-refractivity contribution is -0.693. The highest BCUT2D eigenvalue weighted by molar-refractivity contribution is 6.25. The van der Waals surface area contributed by atoms with E-state index >= 15 is 0 Å². The maximum atomic E-state index is 5.45. The van der Waals surface area contributed by atoms with Crippen LogP contribution in [0.5, 0.6) is 0 Å². The Morgan fingerprint density at radius 3 is 2.92 bits per heavy atom. The lowest BCUT2D eigenvalue weighted by Gasteiger charge is -1.98. The molecule has 0 aliphatic carbocycles. The van der Waals surface area contributed by atoms with Crippen molar-refractivity contribution in [1.29, 1.82) is 0 Å². The van der Waals surface area contributed by atoms with Crippen LogP contribution < -0.4 is 4.57 Å². The molecule has 1 nitrogen and oxygen atoms in total. The van der Waals surface area contributed by atoms with Gasteiger partial charge in [-0.1, -0.05) is 11.6 Å². The van der Waals surface area contributed by atoms with E-state index in [9.17, 15) is 0 Å². The Balaban J connectivity index is 2.92. The fourth-order valence-corrected chi connectivity index (χ4v) is 1.18. The van der Waals surface area contributed by atoms with Crippen LogP contribution in [-0.2, 0) is 6.54 Å². The molecular weight excluding hydrogens is 170 g/mol. The van der Waals surface area contributed by atoms with Crippen molar-refractivity contribution in [3.63, 3.8) is 0 Å². The molecule has 0 fully saturated rings. The number of rotatable bonds is 2. The molecule has 0 radical (unpaired) electrons. The normalized spacial score (nSPS) is 10.9. The first kappa shape index (κ1) is 9.27. The molecule has 0 aliphatic heterocycles. The molecule has 0 N–H and O–H groups in total. The fraction of sp³-hybridized carbons (Fsp3) is 0.300. The minimum atomic E-state index is 0.844. The summed E-state index contributed by atoms with van der Waals surface area (Å²) >= 11 is 5.45. The quantitative estimate of drug-likeness (QED) is 0.619. The zero-order valence-corrected chi connectivity index (χ0v) is 8.17. The molecule has 0 saturated heterocycles. The van der Waals surface area contributed by atoms with Gasteiger partial charge in [-0.05, 0) is 19.1 Å². The molecule has 1 aromatic heterocycles. The molecule has 0 atom stereocenters. The van der Waals surface area contributed by atoms with Crippen molar-refractivity contribution >= 4 is 11.6 Å². The topological polar surface area (TPSA) is 3.88 Å². The first-order chi connectivity index (χ1) is 5.75. The third-order valence-electron chi connectivity index (χ3n) is 2.00. The number of pyridine rings is 1. The highest BCUT2D eigenvalue weighted by atomic mass is 35.5. The predicted octanol–water partition coefficient (Wildman–Crippen LogP) is 2.34. The van der Waals surface area contributed by atoms with E-state index in [1.807, 2.05) is 12.1 Å². The third kappa shape index (κ3) is 2.08. The molecule has 1 rings (SSSR count). The number of hydrogen-bond acceptors (Lipinski definition) is 0. The van der Waals surface area contributed by atoms with Gasteiger partial charge in [0.1, 0.15) is 0 Å². The number of allylic oxidation sites excluding steroid dienone is 1. The summed E-state index contributed by atoms with van der Waals surface area (Å²) in [5, 5.41) is 0. The average molecular weight is 183 g/mol. The molecule has 0 bridgehead atoms. The van der Waals surface area contributed by atoms with Gasteiger partial charge in [-0.2, -0.15) is 4.57 Å². The lowest BCUT2D eigenvalue weighted by Crippen LogP contribution is -2.36. The van der Waals surface area contributed by atoms with Gasteiger partial charge in [-0.25, -0.2) is 0 Å². The van der Waals surface area contributed by atoms with Gasteiger partial charge in [0.2, 0.25) is 0 Å². The first-order valence-corrected chi connectivity index (χ1v) is 4.40. The van der Waals surface area contributed by atoms with Crippen molar-refractivity contribution in [2.45, 2.75) is 20.4 Å². The van der Waals surface area contributed by atoms with E-state index in [-0.39, 0.29) is 0 Å². The molecule has 0 aliphatic rings. The van der Waals surface area contributed by atoms with Crippen molar-refractivity contribution in [3.8, 4) is 0 Å². The van der Waals surface area contributed by atoms with Crippen molar-refractivity contribution in [2.24, 2.45) is 0 Å². The highest BCUT2D eigenvalue weighted by Crippen LogP contribution is 1.98. The van der Waals surface area contributed by atoms with Gasteiger partial charge in [0.05, 0.1) is 0 Å². The maximum absolute atomic E-state index is 5.45. The monoisotopic (exact) mass is 182 g/mol. The molecule has 64 valence electrons. The largest absolute Gasteiger partial charge is 0.199 e. The smallest absolute Gasteiger partial charge is 0.181 e. The highest BCUT2D eigenvalue weighted by Gasteiger charge is 2.04. The van der Waals surface area contributed by atoms with Crippen LogP contribution in [0.4, 0.5) is 0 Å². The molecule has 0 spiro atoms. The van der Waals surface area contributed by atoms with Gasteiger partial charge in [0.25, 0.3) is 0 Å². The van der Waals surface area contributed by atoms with E-state index in [1.165, 1.54) is 11.3 Å². The Morgan fingerprint density at radius 1 is 1.50 bits per heavy atom. The number of hydrogen-bond donors (Lipinski definition) is 0. The van der Waals surface area contributed by atoms with Crippen LogP contribution in [0.15, 0.2) is 29.9 Å². The molecule has 12 heavy (non-hydrogen) atoms. The van der Waals surface area contributed by atoms with Crippen LogP contribution in [0.3, 0.4) is 0 Å². The average Bonchev–Trinajstić information content (AvgIpc) is 2.08. The second kappa shape index (κ2) is 4.27. The second-order valence-electron chi connectivity index (χ2n) is 2.79. The van der Waals surface area contributed by atoms with E-state index in [0.29, 0.717) is 0 Å². The van der Waals surface area contributed by atoms with Crippen LogP contribution >= 0.6 is 11.6 Å². The van der Waals surface area contributed by atoms with Crippen molar-refractivity contribution in [3.05, 3.63) is 41.2 Å². The van der Waals surface area contributed by atoms with E-state index in [2.05, 4.69) is 30.7 Å². The van der Waals surface area contributed by atoms with Crippen molar-refractivity contribution in [2.75, 3.05) is 0 Å². The standard InChI is InChI=1S/C10H13ClN/c1-9-5-3-7-12(10(9)2)8-4-6-11/h3-7H,8H2,1-2H3/q+1/b6-4+. The van der Waals surface area contributed by atoms with Crippen LogP contribution in [0, 0.1) is 13.8 Å². The Labute approximate surface area is 78.3 Å². The number of aryl methyl sites for hydroxylation is 1. The molecule has 0 amide bonds. The molecule has 0 unspecified atom stereocenters. The number of nitrogens with zero attached hydrogens (tertiary/aromatic N) is 1. The zero-order valence-electron chi connectivity index (χ0n) is 7.42. The number of halogens is 1. The van der Waals surface area contributed by atoms with Crippen LogP contribution in [-0.4, -0.2) is 0 Å². The van der Waals surface area contributed by atoms with E-state index < -0.39 is 0 Å². The van der Waals surface area contributed by atoms with Crippen molar-refractivity contribution in [1.82, 2.24) is 0 Å². The summed E-state index contributed by atoms with van der Waals surface area (Å²) in [7, 11) is 0. The third-order valence-corrected chi connectivity index (χ3v) is 2.18. The van der Waals surface area contributed by atoms with Gasteiger partial charge in [-0.15, -0.1) is 0 Å². The molecular formula is C10H13ClN+. The van der Waals surface area contributed by atoms with Gasteiger partial charge >= 0.3 is 0 Å². The molecule has 1 aromatic rings. The number of aromatic nitrogens is 1. The minimum Gasteiger partial charge on any atom is -0.199 e. The summed E-state index contributed by atoms with van der Waals surface area (Å²) in [5.41, 5.74) is 4.14. The summed E-state index contributed by atoms with van der Waals surface area (Å²) < 4.78 is 2.16. The second-order valence-corrected chi connectivity index (χ2v) is 3.04. The summed E-state index contributed by atoms with van der Waals surface area (Å²) in [6.45, 7) is 5.06. The minimum absolute atomic E-state index is 0.844. The van der Waals surface area contributed by atoms with Crippen LogP contribution in [0.1, 0.15) is 11.3 Å². The molecule has 1 heterocycles. The summed E-state index contributed by atoms with van der Waals surface area (Å²) in [6.07, 6.45) is 3.98. The lowest BCUT2D eigenvalue weighted by atomic mass is 10.2. The molecule has 0 saturated carbocycles. The Kier molecular flexibility index (Phi) is 3.30. The zero-order chi connectivity index (χ0) is 8.97. The Morgan fingerprint density at radius 2 is 2.25 bits per heavy atom. The van der Waals surface area contributed by atoms with Gasteiger partial charge < -0.3 is 0 Å². The molecule has 2 heteroatoms.